The van der Waals surface area contributed by atoms with Gasteiger partial charge >= 0.3 is 0 Å². The Morgan fingerprint density at radius 2 is 1.82 bits per heavy atom. The molecule has 9 heteroatoms. The monoisotopic (exact) mass is 421 g/mol. The van der Waals surface area contributed by atoms with E-state index in [-0.39, 0.29) is 16.6 Å². The van der Waals surface area contributed by atoms with Crippen molar-refractivity contribution in [1.29, 1.82) is 0 Å². The van der Waals surface area contributed by atoms with Gasteiger partial charge in [0.25, 0.3) is 10.0 Å². The van der Waals surface area contributed by atoms with Crippen LogP contribution in [0.2, 0.25) is 5.02 Å². The van der Waals surface area contributed by atoms with Crippen LogP contribution < -0.4 is 21.4 Å². The zero-order chi connectivity index (χ0) is 20.8. The Bertz CT molecular complexity index is 1070. The average molecular weight is 422 g/mol. The maximum absolute atomic E-state index is 13.7. The van der Waals surface area contributed by atoms with Gasteiger partial charge in [0.05, 0.1) is 10.6 Å². The van der Waals surface area contributed by atoms with E-state index in [9.17, 15) is 8.42 Å². The topological polar surface area (TPSA) is 114 Å². The van der Waals surface area contributed by atoms with Crippen molar-refractivity contribution in [3.63, 3.8) is 0 Å². The fourth-order valence-corrected chi connectivity index (χ4v) is 6.06. The minimum atomic E-state index is -3.96. The summed E-state index contributed by atoms with van der Waals surface area (Å²) in [5.74, 6) is 5.19. The van der Waals surface area contributed by atoms with Gasteiger partial charge in [-0.05, 0) is 61.2 Å². The average Bonchev–Trinajstić information content (AvgIpc) is 2.94. The van der Waals surface area contributed by atoms with Crippen LogP contribution in [0.25, 0.3) is 0 Å². The summed E-state index contributed by atoms with van der Waals surface area (Å²) in [6.45, 7) is 7.65. The number of anilines is 1. The van der Waals surface area contributed by atoms with Crippen LogP contribution in [0.1, 0.15) is 35.1 Å². The molecule has 2 unspecified atom stereocenters. The number of benzene rings is 2. The number of hydrazone groups is 1. The number of hydrogen-bond donors (Lipinski definition) is 3. The lowest BCUT2D eigenvalue weighted by Crippen LogP contribution is -2.48. The van der Waals surface area contributed by atoms with E-state index in [2.05, 4.69) is 10.6 Å². The molecule has 0 aliphatic carbocycles. The second-order valence-corrected chi connectivity index (χ2v) is 9.27. The molecule has 2 atom stereocenters. The highest BCUT2D eigenvalue weighted by Gasteiger charge is 2.46. The fraction of sp³-hybridized carbons (Fsp3) is 0.316. The maximum atomic E-state index is 13.7. The fourth-order valence-electron chi connectivity index (χ4n) is 3.85. The number of nitrogens with two attached hydrogens (primary N) is 2. The van der Waals surface area contributed by atoms with Gasteiger partial charge < -0.3 is 5.73 Å². The zero-order valence-electron chi connectivity index (χ0n) is 16.2. The van der Waals surface area contributed by atoms with Crippen molar-refractivity contribution in [2.24, 2.45) is 16.7 Å². The smallest absolute Gasteiger partial charge is 0.265 e. The SMILES string of the molecule is Cc1ccc(Cl)cc1S(=O)(=O)N1c2ccc(C)c(C)c2C(C)C1/C(N)=N/NN. The first-order chi connectivity index (χ1) is 13.1. The van der Waals surface area contributed by atoms with Gasteiger partial charge in [-0.3, -0.25) is 4.31 Å². The molecule has 0 spiro atoms. The summed E-state index contributed by atoms with van der Waals surface area (Å²) < 4.78 is 28.8. The number of amidine groups is 1. The Kier molecular flexibility index (Phi) is 5.31. The third-order valence-corrected chi connectivity index (χ3v) is 7.54. The standard InChI is InChI=1S/C19H24ClN5O2S/c1-10-6-8-15-17(12(10)3)13(4)18(19(21)23-24-22)25(15)28(26,27)16-9-14(20)7-5-11(16)2/h5-9,13,18,24H,22H2,1-4H3,(H2,21,23). The number of fused-ring (bicyclic) bond motifs is 1. The first-order valence-electron chi connectivity index (χ1n) is 8.80. The van der Waals surface area contributed by atoms with Gasteiger partial charge in [-0.1, -0.05) is 30.7 Å². The highest BCUT2D eigenvalue weighted by Crippen LogP contribution is 2.46. The van der Waals surface area contributed by atoms with Crippen LogP contribution in [0.15, 0.2) is 40.3 Å². The molecule has 0 amide bonds. The number of aryl methyl sites for hydroxylation is 2. The summed E-state index contributed by atoms with van der Waals surface area (Å²) >= 11 is 6.10. The van der Waals surface area contributed by atoms with Gasteiger partial charge in [0.15, 0.2) is 0 Å². The quantitative estimate of drug-likeness (QED) is 0.304. The lowest BCUT2D eigenvalue weighted by molar-refractivity contribution is 0.583. The zero-order valence-corrected chi connectivity index (χ0v) is 17.8. The van der Waals surface area contributed by atoms with Crippen molar-refractivity contribution < 1.29 is 8.42 Å². The molecule has 1 aliphatic heterocycles. The summed E-state index contributed by atoms with van der Waals surface area (Å²) in [7, 11) is -3.96. The lowest BCUT2D eigenvalue weighted by Gasteiger charge is -2.28. The molecule has 0 aromatic heterocycles. The molecule has 0 bridgehead atoms. The van der Waals surface area contributed by atoms with Gasteiger partial charge in [-0.25, -0.2) is 19.8 Å². The third kappa shape index (κ3) is 3.11. The lowest BCUT2D eigenvalue weighted by atomic mass is 9.91. The number of sulfonamides is 1. The molecule has 28 heavy (non-hydrogen) atoms. The van der Waals surface area contributed by atoms with Crippen LogP contribution in [-0.4, -0.2) is 20.3 Å². The predicted molar refractivity (Wildman–Crippen MR) is 113 cm³/mol. The number of nitrogens with zero attached hydrogens (tertiary/aromatic N) is 2. The molecule has 1 aliphatic rings. The van der Waals surface area contributed by atoms with E-state index in [1.54, 1.807) is 19.1 Å². The maximum Gasteiger partial charge on any atom is 0.265 e. The van der Waals surface area contributed by atoms with Crippen molar-refractivity contribution >= 4 is 33.1 Å². The van der Waals surface area contributed by atoms with Gasteiger partial charge in [0, 0.05) is 10.9 Å². The minimum Gasteiger partial charge on any atom is -0.384 e. The summed E-state index contributed by atoms with van der Waals surface area (Å²) in [5.41, 5.74) is 12.6. The molecule has 0 saturated carbocycles. The first kappa shape index (κ1) is 20.4. The van der Waals surface area contributed by atoms with Crippen LogP contribution in [0.5, 0.6) is 0 Å². The third-order valence-electron chi connectivity index (χ3n) is 5.37. The van der Waals surface area contributed by atoms with E-state index in [4.69, 9.17) is 23.2 Å². The second kappa shape index (κ2) is 7.27. The van der Waals surface area contributed by atoms with Crippen molar-refractivity contribution in [1.82, 2.24) is 5.53 Å². The minimum absolute atomic E-state index is 0.0894. The van der Waals surface area contributed by atoms with Gasteiger partial charge in [-0.15, -0.1) is 5.10 Å². The molecule has 2 aromatic rings. The van der Waals surface area contributed by atoms with Crippen LogP contribution in [-0.2, 0) is 10.0 Å². The summed E-state index contributed by atoms with van der Waals surface area (Å²) in [6.07, 6.45) is 0. The molecular weight excluding hydrogens is 398 g/mol. The van der Waals surface area contributed by atoms with Crippen molar-refractivity contribution in [3.8, 4) is 0 Å². The number of halogens is 1. The molecule has 1 heterocycles. The van der Waals surface area contributed by atoms with Gasteiger partial charge in [0.2, 0.25) is 0 Å². The van der Waals surface area contributed by atoms with E-state index in [1.807, 2.05) is 32.9 Å². The van der Waals surface area contributed by atoms with Crippen LogP contribution in [0.3, 0.4) is 0 Å². The molecule has 7 nitrogen and oxygen atoms in total. The van der Waals surface area contributed by atoms with E-state index in [1.165, 1.54) is 10.4 Å². The van der Waals surface area contributed by atoms with Crippen LogP contribution in [0.4, 0.5) is 5.69 Å². The van der Waals surface area contributed by atoms with E-state index >= 15 is 0 Å². The molecule has 0 radical (unpaired) electrons. The van der Waals surface area contributed by atoms with Crippen molar-refractivity contribution in [2.75, 3.05) is 4.31 Å². The Balaban J connectivity index is 2.31. The van der Waals surface area contributed by atoms with E-state index in [0.29, 0.717) is 16.3 Å². The Morgan fingerprint density at radius 1 is 1.18 bits per heavy atom. The number of hydrogen-bond acceptors (Lipinski definition) is 5. The van der Waals surface area contributed by atoms with E-state index < -0.39 is 16.1 Å². The highest BCUT2D eigenvalue weighted by molar-refractivity contribution is 7.93. The van der Waals surface area contributed by atoms with Crippen LogP contribution >= 0.6 is 11.6 Å². The first-order valence-corrected chi connectivity index (χ1v) is 10.6. The molecule has 2 aromatic carbocycles. The second-order valence-electron chi connectivity index (χ2n) is 7.05. The van der Waals surface area contributed by atoms with Gasteiger partial charge in [0.1, 0.15) is 11.9 Å². The summed E-state index contributed by atoms with van der Waals surface area (Å²) in [6, 6.07) is 7.82. The summed E-state index contributed by atoms with van der Waals surface area (Å²) in [4.78, 5) is 0.136. The Labute approximate surface area is 170 Å². The largest absolute Gasteiger partial charge is 0.384 e. The predicted octanol–water partition coefficient (Wildman–Crippen LogP) is 2.68. The number of hydrazine groups is 1. The van der Waals surface area contributed by atoms with Crippen molar-refractivity contribution in [3.05, 3.63) is 57.6 Å². The summed E-state index contributed by atoms with van der Waals surface area (Å²) in [5, 5.41) is 4.23. The Hall–Kier alpha value is -2.29. The molecule has 3 rings (SSSR count). The highest BCUT2D eigenvalue weighted by atomic mass is 35.5. The van der Waals surface area contributed by atoms with Crippen molar-refractivity contribution in [2.45, 2.75) is 44.6 Å². The molecular formula is C19H24ClN5O2S. The van der Waals surface area contributed by atoms with Gasteiger partial charge in [-0.2, -0.15) is 0 Å². The van der Waals surface area contributed by atoms with E-state index in [0.717, 1.165) is 16.7 Å². The Morgan fingerprint density at radius 3 is 2.46 bits per heavy atom. The van der Waals surface area contributed by atoms with Crippen LogP contribution in [0, 0.1) is 20.8 Å². The molecule has 0 fully saturated rings. The molecule has 150 valence electrons. The molecule has 0 saturated heterocycles. The normalized spacial score (nSPS) is 19.6. The molecule has 5 N–H and O–H groups in total. The number of nitrogens with one attached hydrogen (secondary N) is 1. The number of rotatable bonds is 4.